The Morgan fingerprint density at radius 1 is 1.25 bits per heavy atom. The van der Waals surface area contributed by atoms with E-state index in [1.165, 1.54) is 0 Å². The van der Waals surface area contributed by atoms with Gasteiger partial charge in [0.15, 0.2) is 0 Å². The Labute approximate surface area is 73.7 Å². The summed E-state index contributed by atoms with van der Waals surface area (Å²) in [7, 11) is 0. The van der Waals surface area contributed by atoms with Crippen molar-refractivity contribution in [3.8, 4) is 0 Å². The number of nitrogens with zero attached hydrogens (tertiary/aromatic N) is 1. The maximum absolute atomic E-state index is 11.3. The first kappa shape index (κ1) is 9.36. The molecule has 2 atom stereocenters. The maximum Gasteiger partial charge on any atom is 0.410 e. The van der Waals surface area contributed by atoms with Crippen LogP contribution in [-0.2, 0) is 4.74 Å². The average Bonchev–Trinajstić information content (AvgIpc) is 2.36. The van der Waals surface area contributed by atoms with Crippen molar-refractivity contribution < 1.29 is 9.53 Å². The fraction of sp³-hybridized carbons (Fsp3) is 0.889. The molecule has 1 heterocycles. The van der Waals surface area contributed by atoms with Crippen molar-refractivity contribution in [1.29, 1.82) is 0 Å². The Morgan fingerprint density at radius 2 is 1.67 bits per heavy atom. The van der Waals surface area contributed by atoms with Gasteiger partial charge in [0, 0.05) is 0 Å². The van der Waals surface area contributed by atoms with Gasteiger partial charge in [-0.1, -0.05) is 0 Å². The first-order valence-corrected chi connectivity index (χ1v) is 4.34. The molecule has 1 aliphatic rings. The van der Waals surface area contributed by atoms with Gasteiger partial charge in [0.25, 0.3) is 0 Å². The van der Waals surface area contributed by atoms with E-state index in [2.05, 4.69) is 0 Å². The Balaban J connectivity index is 2.41. The Hall–Kier alpha value is -0.730. The number of carbonyl (C=O) groups is 1. The molecule has 0 bridgehead atoms. The van der Waals surface area contributed by atoms with E-state index < -0.39 is 0 Å². The van der Waals surface area contributed by atoms with Gasteiger partial charge in [-0.25, -0.2) is 4.79 Å². The van der Waals surface area contributed by atoms with Gasteiger partial charge in [-0.05, 0) is 34.6 Å². The van der Waals surface area contributed by atoms with Crippen LogP contribution in [0.5, 0.6) is 0 Å². The maximum atomic E-state index is 11.3. The van der Waals surface area contributed by atoms with Crippen molar-refractivity contribution in [2.45, 2.75) is 52.3 Å². The third kappa shape index (κ3) is 1.90. The lowest BCUT2D eigenvalue weighted by molar-refractivity contribution is 0.0398. The number of ether oxygens (including phenoxy) is 1. The van der Waals surface area contributed by atoms with E-state index >= 15 is 0 Å². The van der Waals surface area contributed by atoms with Crippen LogP contribution in [-0.4, -0.2) is 28.7 Å². The molecule has 0 radical (unpaired) electrons. The van der Waals surface area contributed by atoms with Crippen LogP contribution < -0.4 is 0 Å². The SMILES string of the molecule is C[C@@H]1[C@H](C)N1C(=O)OC(C)(C)C. The highest BCUT2D eigenvalue weighted by molar-refractivity contribution is 5.72. The summed E-state index contributed by atoms with van der Waals surface area (Å²) in [6.07, 6.45) is -0.192. The van der Waals surface area contributed by atoms with Crippen molar-refractivity contribution in [1.82, 2.24) is 4.90 Å². The van der Waals surface area contributed by atoms with Gasteiger partial charge in [-0.3, -0.25) is 4.90 Å². The van der Waals surface area contributed by atoms with Gasteiger partial charge in [0.2, 0.25) is 0 Å². The summed E-state index contributed by atoms with van der Waals surface area (Å²) in [6.45, 7) is 9.68. The van der Waals surface area contributed by atoms with Gasteiger partial charge in [-0.15, -0.1) is 0 Å². The molecule has 0 aliphatic carbocycles. The number of carbonyl (C=O) groups excluding carboxylic acids is 1. The van der Waals surface area contributed by atoms with E-state index in [0.717, 1.165) is 0 Å². The highest BCUT2D eigenvalue weighted by Gasteiger charge is 2.45. The number of amides is 1. The van der Waals surface area contributed by atoms with E-state index in [-0.39, 0.29) is 11.7 Å². The quantitative estimate of drug-likeness (QED) is 0.522. The molecule has 12 heavy (non-hydrogen) atoms. The predicted octanol–water partition coefficient (Wildman–Crippen LogP) is 2.01. The minimum atomic E-state index is -0.376. The lowest BCUT2D eigenvalue weighted by atomic mass is 10.2. The standard InChI is InChI=1S/C9H17NO2/c1-6-7(2)10(6)8(11)12-9(3,4)5/h6-7H,1-5H3/t6-,7+,10?. The van der Waals surface area contributed by atoms with Crippen molar-refractivity contribution in [3.05, 3.63) is 0 Å². The van der Waals surface area contributed by atoms with Gasteiger partial charge in [0.1, 0.15) is 5.60 Å². The monoisotopic (exact) mass is 171 g/mol. The second-order valence-corrected chi connectivity index (χ2v) is 4.37. The van der Waals surface area contributed by atoms with Gasteiger partial charge < -0.3 is 4.74 Å². The van der Waals surface area contributed by atoms with Gasteiger partial charge >= 0.3 is 6.09 Å². The summed E-state index contributed by atoms with van der Waals surface area (Å²) in [5.74, 6) is 0. The van der Waals surface area contributed by atoms with E-state index in [1.54, 1.807) is 4.90 Å². The normalized spacial score (nSPS) is 28.6. The van der Waals surface area contributed by atoms with Crippen LogP contribution in [0.3, 0.4) is 0 Å². The Morgan fingerprint density at radius 3 is 1.92 bits per heavy atom. The Bertz CT molecular complexity index is 187. The molecule has 70 valence electrons. The van der Waals surface area contributed by atoms with Crippen LogP contribution in [0.15, 0.2) is 0 Å². The highest BCUT2D eigenvalue weighted by Crippen LogP contribution is 2.29. The highest BCUT2D eigenvalue weighted by atomic mass is 16.6. The molecule has 0 aromatic carbocycles. The summed E-state index contributed by atoms with van der Waals surface area (Å²) in [6, 6.07) is 0.694. The predicted molar refractivity (Wildman–Crippen MR) is 47.0 cm³/mol. The molecular weight excluding hydrogens is 154 g/mol. The zero-order chi connectivity index (χ0) is 9.52. The third-order valence-corrected chi connectivity index (χ3v) is 2.09. The first-order chi connectivity index (χ1) is 5.33. The van der Waals surface area contributed by atoms with Gasteiger partial charge in [-0.2, -0.15) is 0 Å². The fourth-order valence-corrected chi connectivity index (χ4v) is 1.15. The molecule has 1 aliphatic heterocycles. The van der Waals surface area contributed by atoms with Crippen molar-refractivity contribution in [3.63, 3.8) is 0 Å². The Kier molecular flexibility index (Phi) is 2.06. The summed E-state index contributed by atoms with van der Waals surface area (Å²) < 4.78 is 5.19. The smallest absolute Gasteiger partial charge is 0.410 e. The molecule has 1 amide bonds. The zero-order valence-corrected chi connectivity index (χ0v) is 8.42. The number of rotatable bonds is 0. The lowest BCUT2D eigenvalue weighted by Gasteiger charge is -2.19. The number of hydrogen-bond donors (Lipinski definition) is 0. The van der Waals surface area contributed by atoms with E-state index in [4.69, 9.17) is 4.74 Å². The van der Waals surface area contributed by atoms with Crippen molar-refractivity contribution >= 4 is 6.09 Å². The average molecular weight is 171 g/mol. The van der Waals surface area contributed by atoms with Crippen LogP contribution in [0.25, 0.3) is 0 Å². The van der Waals surface area contributed by atoms with E-state index in [1.807, 2.05) is 34.6 Å². The summed E-state index contributed by atoms with van der Waals surface area (Å²) in [4.78, 5) is 13.1. The molecule has 1 fully saturated rings. The first-order valence-electron chi connectivity index (χ1n) is 4.34. The molecular formula is C9H17NO2. The molecule has 3 nitrogen and oxygen atoms in total. The zero-order valence-electron chi connectivity index (χ0n) is 8.42. The molecule has 0 aromatic rings. The van der Waals surface area contributed by atoms with Gasteiger partial charge in [0.05, 0.1) is 12.1 Å². The largest absolute Gasteiger partial charge is 0.444 e. The van der Waals surface area contributed by atoms with Crippen LogP contribution in [0.4, 0.5) is 4.79 Å². The van der Waals surface area contributed by atoms with Crippen molar-refractivity contribution in [2.24, 2.45) is 0 Å². The van der Waals surface area contributed by atoms with Crippen LogP contribution in [0.2, 0.25) is 0 Å². The minimum absolute atomic E-state index is 0.192. The second kappa shape index (κ2) is 2.64. The van der Waals surface area contributed by atoms with Crippen LogP contribution >= 0.6 is 0 Å². The number of hydrogen-bond acceptors (Lipinski definition) is 2. The third-order valence-electron chi connectivity index (χ3n) is 2.09. The summed E-state index contributed by atoms with van der Waals surface area (Å²) in [5.41, 5.74) is -0.376. The molecule has 0 spiro atoms. The topological polar surface area (TPSA) is 29.3 Å². The lowest BCUT2D eigenvalue weighted by Crippen LogP contribution is -2.28. The summed E-state index contributed by atoms with van der Waals surface area (Å²) >= 11 is 0. The molecule has 0 aromatic heterocycles. The molecule has 0 saturated carbocycles. The van der Waals surface area contributed by atoms with Crippen molar-refractivity contribution in [2.75, 3.05) is 0 Å². The molecule has 0 N–H and O–H groups in total. The second-order valence-electron chi connectivity index (χ2n) is 4.37. The van der Waals surface area contributed by atoms with Crippen LogP contribution in [0.1, 0.15) is 34.6 Å². The van der Waals surface area contributed by atoms with E-state index in [9.17, 15) is 4.79 Å². The molecule has 1 saturated heterocycles. The molecule has 3 heteroatoms. The van der Waals surface area contributed by atoms with E-state index in [0.29, 0.717) is 12.1 Å². The fourth-order valence-electron chi connectivity index (χ4n) is 1.15. The van der Waals surface area contributed by atoms with Crippen LogP contribution in [0, 0.1) is 0 Å². The molecule has 1 rings (SSSR count). The summed E-state index contributed by atoms with van der Waals surface area (Å²) in [5, 5.41) is 0. The molecule has 0 unspecified atom stereocenters. The minimum Gasteiger partial charge on any atom is -0.444 e.